The van der Waals surface area contributed by atoms with Crippen LogP contribution >= 0.6 is 0 Å². The fourth-order valence-corrected chi connectivity index (χ4v) is 2.26. The first-order chi connectivity index (χ1) is 10.0. The Morgan fingerprint density at radius 2 is 1.81 bits per heavy atom. The highest BCUT2D eigenvalue weighted by Crippen LogP contribution is 2.18. The zero-order chi connectivity index (χ0) is 15.7. The largest absolute Gasteiger partial charge is 0.480 e. The van der Waals surface area contributed by atoms with E-state index in [1.807, 2.05) is 6.08 Å². The second-order valence-electron chi connectivity index (χ2n) is 5.53. The van der Waals surface area contributed by atoms with E-state index >= 15 is 0 Å². The van der Waals surface area contributed by atoms with Gasteiger partial charge in [0, 0.05) is 6.42 Å². The summed E-state index contributed by atoms with van der Waals surface area (Å²) in [6.07, 6.45) is 9.41. The minimum atomic E-state index is -1.04. The zero-order valence-electron chi connectivity index (χ0n) is 12.4. The lowest BCUT2D eigenvalue weighted by Crippen LogP contribution is -2.34. The van der Waals surface area contributed by atoms with E-state index in [0.29, 0.717) is 19.3 Å². The standard InChI is InChI=1S/C15H26N2O4/c16-12(14(18)19)9-6-10-13(17)15(20)21-11-7-4-2-1-3-5-8-11/h7,12-13H,1-6,8-10,16-17H2,(H,18,19)/t12-,13?/m0/s1. The summed E-state index contributed by atoms with van der Waals surface area (Å²) in [7, 11) is 0. The molecule has 5 N–H and O–H groups in total. The number of ether oxygens (including phenoxy) is 1. The first kappa shape index (κ1) is 17.7. The number of carboxylic acids is 1. The number of esters is 1. The average Bonchev–Trinajstić information content (AvgIpc) is 2.41. The van der Waals surface area contributed by atoms with Gasteiger partial charge in [-0.05, 0) is 44.6 Å². The SMILES string of the molecule is NC(CCC[C@H](N)C(=O)O)C(=O)OC1=CCCCCCC1. The third-order valence-electron chi connectivity index (χ3n) is 3.63. The summed E-state index contributed by atoms with van der Waals surface area (Å²) >= 11 is 0. The molecule has 120 valence electrons. The van der Waals surface area contributed by atoms with Gasteiger partial charge in [0.15, 0.2) is 0 Å². The minimum absolute atomic E-state index is 0.305. The van der Waals surface area contributed by atoms with Crippen molar-refractivity contribution < 1.29 is 19.4 Å². The van der Waals surface area contributed by atoms with Crippen LogP contribution in [0.1, 0.15) is 57.8 Å². The van der Waals surface area contributed by atoms with Gasteiger partial charge in [-0.25, -0.2) is 4.79 Å². The van der Waals surface area contributed by atoms with E-state index in [1.165, 1.54) is 6.42 Å². The molecule has 0 saturated heterocycles. The number of carboxylic acid groups (broad SMARTS) is 1. The molecule has 21 heavy (non-hydrogen) atoms. The summed E-state index contributed by atoms with van der Waals surface area (Å²) < 4.78 is 5.34. The van der Waals surface area contributed by atoms with E-state index in [4.69, 9.17) is 21.3 Å². The Bertz CT molecular complexity index is 382. The molecule has 0 aliphatic heterocycles. The van der Waals surface area contributed by atoms with Crippen LogP contribution in [0.3, 0.4) is 0 Å². The van der Waals surface area contributed by atoms with Gasteiger partial charge in [0.1, 0.15) is 17.8 Å². The fraction of sp³-hybridized carbons (Fsp3) is 0.733. The van der Waals surface area contributed by atoms with Crippen molar-refractivity contribution in [3.8, 4) is 0 Å². The van der Waals surface area contributed by atoms with E-state index < -0.39 is 24.0 Å². The van der Waals surface area contributed by atoms with Gasteiger partial charge in [0.05, 0.1) is 0 Å². The Labute approximate surface area is 125 Å². The van der Waals surface area contributed by atoms with Gasteiger partial charge < -0.3 is 21.3 Å². The highest BCUT2D eigenvalue weighted by Gasteiger charge is 2.18. The van der Waals surface area contributed by atoms with Gasteiger partial charge in [-0.2, -0.15) is 0 Å². The molecule has 1 unspecified atom stereocenters. The molecule has 6 heteroatoms. The first-order valence-corrected chi connectivity index (χ1v) is 7.65. The van der Waals surface area contributed by atoms with Gasteiger partial charge in [-0.3, -0.25) is 4.79 Å². The summed E-state index contributed by atoms with van der Waals surface area (Å²) in [5.41, 5.74) is 11.2. The second-order valence-corrected chi connectivity index (χ2v) is 5.53. The predicted molar refractivity (Wildman–Crippen MR) is 79.3 cm³/mol. The van der Waals surface area contributed by atoms with Gasteiger partial charge in [0.25, 0.3) is 0 Å². The van der Waals surface area contributed by atoms with Crippen LogP contribution in [0.25, 0.3) is 0 Å². The highest BCUT2D eigenvalue weighted by molar-refractivity contribution is 5.76. The van der Waals surface area contributed by atoms with Gasteiger partial charge in [-0.1, -0.05) is 12.8 Å². The molecule has 1 aliphatic carbocycles. The number of hydrogen-bond acceptors (Lipinski definition) is 5. The zero-order valence-corrected chi connectivity index (χ0v) is 12.4. The molecule has 6 nitrogen and oxygen atoms in total. The third-order valence-corrected chi connectivity index (χ3v) is 3.63. The number of allylic oxidation sites excluding steroid dienone is 2. The molecule has 0 aromatic rings. The highest BCUT2D eigenvalue weighted by atomic mass is 16.5. The number of nitrogens with two attached hydrogens (primary N) is 2. The molecule has 0 bridgehead atoms. The summed E-state index contributed by atoms with van der Waals surface area (Å²) in [6.45, 7) is 0. The fourth-order valence-electron chi connectivity index (χ4n) is 2.26. The van der Waals surface area contributed by atoms with Crippen molar-refractivity contribution in [2.75, 3.05) is 0 Å². The van der Waals surface area contributed by atoms with E-state index in [0.717, 1.165) is 37.9 Å². The van der Waals surface area contributed by atoms with Crippen LogP contribution in [-0.2, 0) is 14.3 Å². The molecule has 1 aliphatic rings. The van der Waals surface area contributed by atoms with Crippen molar-refractivity contribution in [2.45, 2.75) is 69.9 Å². The lowest BCUT2D eigenvalue weighted by molar-refractivity contribution is -0.141. The Morgan fingerprint density at radius 3 is 2.52 bits per heavy atom. The molecular weight excluding hydrogens is 272 g/mol. The summed E-state index contributed by atoms with van der Waals surface area (Å²) in [4.78, 5) is 22.5. The van der Waals surface area contributed by atoms with Crippen LogP contribution in [0.5, 0.6) is 0 Å². The third kappa shape index (κ3) is 7.24. The summed E-state index contributed by atoms with van der Waals surface area (Å²) in [5, 5.41) is 8.67. The maximum atomic E-state index is 11.9. The Hall–Kier alpha value is -1.40. The van der Waals surface area contributed by atoms with Crippen LogP contribution < -0.4 is 11.5 Å². The van der Waals surface area contributed by atoms with E-state index in [2.05, 4.69) is 0 Å². The Kier molecular flexibility index (Phi) is 8.00. The second kappa shape index (κ2) is 9.52. The van der Waals surface area contributed by atoms with Gasteiger partial charge in [-0.15, -0.1) is 0 Å². The number of carbonyl (C=O) groups is 2. The van der Waals surface area contributed by atoms with Crippen molar-refractivity contribution in [3.63, 3.8) is 0 Å². The lowest BCUT2D eigenvalue weighted by atomic mass is 10.0. The molecule has 0 fully saturated rings. The average molecular weight is 298 g/mol. The molecule has 2 atom stereocenters. The van der Waals surface area contributed by atoms with Crippen LogP contribution in [0, 0.1) is 0 Å². The number of aliphatic carboxylic acids is 1. The number of carbonyl (C=O) groups excluding carboxylic acids is 1. The monoisotopic (exact) mass is 298 g/mol. The van der Waals surface area contributed by atoms with Crippen molar-refractivity contribution in [1.82, 2.24) is 0 Å². The van der Waals surface area contributed by atoms with Crippen molar-refractivity contribution in [2.24, 2.45) is 11.5 Å². The lowest BCUT2D eigenvalue weighted by Gasteiger charge is -2.15. The summed E-state index contributed by atoms with van der Waals surface area (Å²) in [6, 6.07) is -1.63. The molecular formula is C15H26N2O4. The van der Waals surface area contributed by atoms with Crippen LogP contribution in [0.4, 0.5) is 0 Å². The van der Waals surface area contributed by atoms with Crippen molar-refractivity contribution in [3.05, 3.63) is 11.8 Å². The van der Waals surface area contributed by atoms with E-state index in [9.17, 15) is 9.59 Å². The predicted octanol–water partition coefficient (Wildman–Crippen LogP) is 1.68. The van der Waals surface area contributed by atoms with Crippen LogP contribution in [0.2, 0.25) is 0 Å². The van der Waals surface area contributed by atoms with Gasteiger partial charge >= 0.3 is 11.9 Å². The molecule has 0 saturated carbocycles. The number of hydrogen-bond donors (Lipinski definition) is 3. The van der Waals surface area contributed by atoms with Crippen molar-refractivity contribution in [1.29, 1.82) is 0 Å². The normalized spacial score (nSPS) is 18.9. The molecule has 0 spiro atoms. The van der Waals surface area contributed by atoms with Crippen LogP contribution in [0.15, 0.2) is 11.8 Å². The Balaban J connectivity index is 2.31. The van der Waals surface area contributed by atoms with E-state index in [1.54, 1.807) is 0 Å². The quantitative estimate of drug-likeness (QED) is 0.616. The number of rotatable bonds is 7. The minimum Gasteiger partial charge on any atom is -0.480 e. The maximum Gasteiger partial charge on any atom is 0.327 e. The smallest absolute Gasteiger partial charge is 0.327 e. The molecule has 0 heterocycles. The van der Waals surface area contributed by atoms with Gasteiger partial charge in [0.2, 0.25) is 0 Å². The molecule has 0 amide bonds. The molecule has 1 rings (SSSR count). The maximum absolute atomic E-state index is 11.9. The van der Waals surface area contributed by atoms with E-state index in [-0.39, 0.29) is 0 Å². The molecule has 0 aromatic heterocycles. The van der Waals surface area contributed by atoms with Crippen molar-refractivity contribution >= 4 is 11.9 Å². The first-order valence-electron chi connectivity index (χ1n) is 7.65. The Morgan fingerprint density at radius 1 is 1.14 bits per heavy atom. The van der Waals surface area contributed by atoms with Crippen LogP contribution in [-0.4, -0.2) is 29.1 Å². The molecule has 0 aromatic carbocycles. The summed E-state index contributed by atoms with van der Waals surface area (Å²) in [5.74, 6) is -0.756. The molecule has 0 radical (unpaired) electrons. The topological polar surface area (TPSA) is 116 Å².